The number of hydrogen-bond acceptors (Lipinski definition) is 4. The molecule has 0 aliphatic carbocycles. The molecule has 1 aromatic rings. The summed E-state index contributed by atoms with van der Waals surface area (Å²) in [4.78, 5) is 2.33. The Morgan fingerprint density at radius 1 is 1.44 bits per heavy atom. The number of nitrogens with two attached hydrogens (primary N) is 1. The smallest absolute Gasteiger partial charge is 0.136 e. The fraction of sp³-hybridized carbons (Fsp3) is 0.636. The maximum absolute atomic E-state index is 5.85. The normalized spacial score (nSPS) is 20.6. The lowest BCUT2D eigenvalue weighted by Gasteiger charge is -2.27. The van der Waals surface area contributed by atoms with Gasteiger partial charge in [-0.15, -0.1) is 0 Å². The van der Waals surface area contributed by atoms with E-state index in [-0.39, 0.29) is 6.04 Å². The largest absolute Gasteiger partial charge is 0.466 e. The zero-order valence-corrected chi connectivity index (χ0v) is 10.8. The van der Waals surface area contributed by atoms with Crippen molar-refractivity contribution in [3.05, 3.63) is 22.6 Å². The zero-order valence-electron chi connectivity index (χ0n) is 9.19. The summed E-state index contributed by atoms with van der Waals surface area (Å²) in [7, 11) is 0. The van der Waals surface area contributed by atoms with Crippen molar-refractivity contribution in [1.82, 2.24) is 4.90 Å². The molecule has 2 rings (SSSR count). The van der Waals surface area contributed by atoms with Gasteiger partial charge in [0.15, 0.2) is 0 Å². The average Bonchev–Trinajstić information content (AvgIpc) is 2.57. The Bertz CT molecular complexity index is 322. The Labute approximate surface area is 104 Å². The lowest BCUT2D eigenvalue weighted by atomic mass is 10.2. The number of rotatable bonds is 3. The highest BCUT2D eigenvalue weighted by Crippen LogP contribution is 2.28. The summed E-state index contributed by atoms with van der Waals surface area (Å²) >= 11 is 3.49. The van der Waals surface area contributed by atoms with Gasteiger partial charge in [-0.2, -0.15) is 0 Å². The van der Waals surface area contributed by atoms with Gasteiger partial charge in [-0.3, -0.25) is 4.90 Å². The van der Waals surface area contributed by atoms with E-state index in [4.69, 9.17) is 14.9 Å². The van der Waals surface area contributed by atoms with Crippen LogP contribution >= 0.6 is 15.9 Å². The van der Waals surface area contributed by atoms with Crippen LogP contribution in [0.3, 0.4) is 0 Å². The maximum atomic E-state index is 5.85. The van der Waals surface area contributed by atoms with Crippen molar-refractivity contribution in [3.8, 4) is 0 Å². The van der Waals surface area contributed by atoms with Crippen LogP contribution < -0.4 is 5.73 Å². The molecule has 0 saturated carbocycles. The standard InChI is InChI=1S/C11H17BrN2O2/c12-9-2-6-16-11(9)10(8-13)14-3-1-5-15-7-4-14/h2,6,10H,1,3-5,7-8,13H2. The van der Waals surface area contributed by atoms with Gasteiger partial charge in [0.05, 0.1) is 23.4 Å². The summed E-state index contributed by atoms with van der Waals surface area (Å²) in [5.74, 6) is 0.921. The third-order valence-corrected chi connectivity index (χ3v) is 3.52. The van der Waals surface area contributed by atoms with Crippen LogP contribution in [0.2, 0.25) is 0 Å². The van der Waals surface area contributed by atoms with Gasteiger partial charge in [0.2, 0.25) is 0 Å². The molecule has 1 fully saturated rings. The summed E-state index contributed by atoms with van der Waals surface area (Å²) in [5, 5.41) is 0. The highest BCUT2D eigenvalue weighted by Gasteiger charge is 2.24. The van der Waals surface area contributed by atoms with Gasteiger partial charge in [-0.25, -0.2) is 0 Å². The Morgan fingerprint density at radius 2 is 2.31 bits per heavy atom. The molecule has 16 heavy (non-hydrogen) atoms. The van der Waals surface area contributed by atoms with Crippen molar-refractivity contribution in [3.63, 3.8) is 0 Å². The topological polar surface area (TPSA) is 51.6 Å². The van der Waals surface area contributed by atoms with Crippen LogP contribution in [0, 0.1) is 0 Å². The van der Waals surface area contributed by atoms with Crippen molar-refractivity contribution in [2.45, 2.75) is 12.5 Å². The minimum atomic E-state index is 0.145. The van der Waals surface area contributed by atoms with Crippen LogP contribution in [0.15, 0.2) is 21.2 Å². The van der Waals surface area contributed by atoms with Crippen molar-refractivity contribution in [1.29, 1.82) is 0 Å². The first-order valence-corrected chi connectivity index (χ1v) is 6.37. The molecule has 1 aromatic heterocycles. The van der Waals surface area contributed by atoms with Crippen LogP contribution in [0.25, 0.3) is 0 Å². The molecule has 2 N–H and O–H groups in total. The molecule has 90 valence electrons. The predicted molar refractivity (Wildman–Crippen MR) is 65.2 cm³/mol. The van der Waals surface area contributed by atoms with Gasteiger partial charge in [0.1, 0.15) is 5.76 Å². The van der Waals surface area contributed by atoms with E-state index in [0.717, 1.165) is 43.0 Å². The number of nitrogens with zero attached hydrogens (tertiary/aromatic N) is 1. The van der Waals surface area contributed by atoms with Crippen LogP contribution in [0.5, 0.6) is 0 Å². The van der Waals surface area contributed by atoms with Crippen LogP contribution in [-0.2, 0) is 4.74 Å². The minimum Gasteiger partial charge on any atom is -0.466 e. The summed E-state index contributed by atoms with van der Waals surface area (Å²) in [6.45, 7) is 4.10. The molecular formula is C11H17BrN2O2. The third kappa shape index (κ3) is 2.66. The van der Waals surface area contributed by atoms with Crippen molar-refractivity contribution in [2.24, 2.45) is 5.73 Å². The lowest BCUT2D eigenvalue weighted by Crippen LogP contribution is -2.35. The zero-order chi connectivity index (χ0) is 11.4. The van der Waals surface area contributed by atoms with Gasteiger partial charge in [-0.05, 0) is 28.4 Å². The molecule has 4 nitrogen and oxygen atoms in total. The molecule has 1 atom stereocenters. The molecule has 2 heterocycles. The molecular weight excluding hydrogens is 272 g/mol. The fourth-order valence-electron chi connectivity index (χ4n) is 2.04. The first kappa shape index (κ1) is 12.1. The molecule has 1 unspecified atom stereocenters. The van der Waals surface area contributed by atoms with Gasteiger partial charge >= 0.3 is 0 Å². The van der Waals surface area contributed by atoms with Crippen LogP contribution in [0.1, 0.15) is 18.2 Å². The number of furan rings is 1. The van der Waals surface area contributed by atoms with Crippen molar-refractivity contribution >= 4 is 15.9 Å². The first-order valence-electron chi connectivity index (χ1n) is 5.57. The summed E-state index contributed by atoms with van der Waals surface area (Å²) < 4.78 is 11.9. The molecule has 1 saturated heterocycles. The van der Waals surface area contributed by atoms with E-state index < -0.39 is 0 Å². The van der Waals surface area contributed by atoms with E-state index in [1.54, 1.807) is 6.26 Å². The third-order valence-electron chi connectivity index (χ3n) is 2.87. The van der Waals surface area contributed by atoms with Crippen LogP contribution in [-0.4, -0.2) is 37.7 Å². The number of ether oxygens (including phenoxy) is 1. The SMILES string of the molecule is NCC(c1occc1Br)N1CCCOCC1. The summed E-state index contributed by atoms with van der Waals surface area (Å²) in [6, 6.07) is 2.05. The highest BCUT2D eigenvalue weighted by molar-refractivity contribution is 9.10. The fourth-order valence-corrected chi connectivity index (χ4v) is 2.51. The number of hydrogen-bond donors (Lipinski definition) is 1. The van der Waals surface area contributed by atoms with Gasteiger partial charge in [0.25, 0.3) is 0 Å². The van der Waals surface area contributed by atoms with Gasteiger partial charge in [0, 0.05) is 26.2 Å². The quantitative estimate of drug-likeness (QED) is 0.921. The van der Waals surface area contributed by atoms with Crippen molar-refractivity contribution in [2.75, 3.05) is 32.8 Å². The summed E-state index contributed by atoms with van der Waals surface area (Å²) in [5.41, 5.74) is 5.85. The first-order chi connectivity index (χ1) is 7.83. The van der Waals surface area contributed by atoms with E-state index in [0.29, 0.717) is 6.54 Å². The van der Waals surface area contributed by atoms with E-state index in [9.17, 15) is 0 Å². The monoisotopic (exact) mass is 288 g/mol. The second-order valence-corrected chi connectivity index (χ2v) is 4.74. The average molecular weight is 289 g/mol. The van der Waals surface area contributed by atoms with E-state index in [1.165, 1.54) is 0 Å². The van der Waals surface area contributed by atoms with Crippen LogP contribution in [0.4, 0.5) is 0 Å². The molecule has 0 amide bonds. The Hall–Kier alpha value is -0.360. The second-order valence-electron chi connectivity index (χ2n) is 3.89. The molecule has 1 aliphatic heterocycles. The maximum Gasteiger partial charge on any atom is 0.136 e. The number of halogens is 1. The van der Waals surface area contributed by atoms with Gasteiger partial charge < -0.3 is 14.9 Å². The molecule has 5 heteroatoms. The Kier molecular flexibility index (Phi) is 4.40. The van der Waals surface area contributed by atoms with E-state index in [1.807, 2.05) is 6.07 Å². The minimum absolute atomic E-state index is 0.145. The summed E-state index contributed by atoms with van der Waals surface area (Å²) in [6.07, 6.45) is 2.74. The lowest BCUT2D eigenvalue weighted by molar-refractivity contribution is 0.128. The molecule has 0 radical (unpaired) electrons. The molecule has 0 bridgehead atoms. The predicted octanol–water partition coefficient (Wildman–Crippen LogP) is 1.76. The Balaban J connectivity index is 2.12. The van der Waals surface area contributed by atoms with E-state index >= 15 is 0 Å². The highest BCUT2D eigenvalue weighted by atomic mass is 79.9. The molecule has 0 aromatic carbocycles. The Morgan fingerprint density at radius 3 is 3.00 bits per heavy atom. The van der Waals surface area contributed by atoms with E-state index in [2.05, 4.69) is 20.8 Å². The van der Waals surface area contributed by atoms with Gasteiger partial charge in [-0.1, -0.05) is 0 Å². The molecule has 0 spiro atoms. The van der Waals surface area contributed by atoms with Crippen molar-refractivity contribution < 1.29 is 9.15 Å². The second kappa shape index (κ2) is 5.82. The molecule has 1 aliphatic rings.